The van der Waals surface area contributed by atoms with Crippen molar-refractivity contribution in [1.82, 2.24) is 5.32 Å². The van der Waals surface area contributed by atoms with E-state index in [2.05, 4.69) is 5.32 Å². The number of amides is 2. The Hall–Kier alpha value is -2.47. The Bertz CT molecular complexity index is 622. The van der Waals surface area contributed by atoms with E-state index in [0.29, 0.717) is 5.56 Å². The number of esters is 1. The third-order valence-electron chi connectivity index (χ3n) is 2.58. The van der Waals surface area contributed by atoms with Crippen LogP contribution < -0.4 is 5.32 Å². The zero-order chi connectivity index (χ0) is 15.1. The normalized spacial score (nSPS) is 9.90. The van der Waals surface area contributed by atoms with Crippen molar-refractivity contribution in [3.63, 3.8) is 0 Å². The van der Waals surface area contributed by atoms with E-state index in [1.165, 1.54) is 11.3 Å². The molecule has 1 aromatic heterocycles. The number of hydrogen-bond acceptors (Lipinski definition) is 5. The number of rotatable bonds is 5. The van der Waals surface area contributed by atoms with Gasteiger partial charge in [0, 0.05) is 5.56 Å². The van der Waals surface area contributed by atoms with Gasteiger partial charge in [0.25, 0.3) is 11.8 Å². The van der Waals surface area contributed by atoms with Gasteiger partial charge in [0.05, 0.1) is 6.42 Å². The van der Waals surface area contributed by atoms with Crippen molar-refractivity contribution >= 4 is 29.1 Å². The molecule has 0 bridgehead atoms. The number of carbonyl (C=O) groups is 3. The minimum atomic E-state index is -0.650. The Morgan fingerprint density at radius 3 is 2.52 bits per heavy atom. The van der Waals surface area contributed by atoms with Gasteiger partial charge in [-0.25, -0.2) is 0 Å². The fraction of sp³-hybridized carbons (Fsp3) is 0.133. The second-order valence-electron chi connectivity index (χ2n) is 4.21. The minimum absolute atomic E-state index is 0.114. The smallest absolute Gasteiger partial charge is 0.310 e. The van der Waals surface area contributed by atoms with Crippen LogP contribution in [0.5, 0.6) is 0 Å². The minimum Gasteiger partial charge on any atom is -0.455 e. The molecule has 1 N–H and O–H groups in total. The van der Waals surface area contributed by atoms with Crippen LogP contribution in [0.1, 0.15) is 15.9 Å². The topological polar surface area (TPSA) is 72.5 Å². The predicted octanol–water partition coefficient (Wildman–Crippen LogP) is 1.79. The van der Waals surface area contributed by atoms with Crippen molar-refractivity contribution in [3.05, 3.63) is 58.3 Å². The molecule has 0 atom stereocenters. The van der Waals surface area contributed by atoms with E-state index in [1.807, 2.05) is 16.8 Å². The van der Waals surface area contributed by atoms with Crippen LogP contribution >= 0.6 is 11.3 Å². The van der Waals surface area contributed by atoms with Crippen molar-refractivity contribution in [2.45, 2.75) is 6.42 Å². The Morgan fingerprint density at radius 2 is 1.86 bits per heavy atom. The van der Waals surface area contributed by atoms with Crippen LogP contribution in [-0.2, 0) is 20.7 Å². The summed E-state index contributed by atoms with van der Waals surface area (Å²) in [7, 11) is 0. The molecule has 5 nitrogen and oxygen atoms in total. The molecule has 1 aromatic carbocycles. The molecule has 2 aromatic rings. The summed E-state index contributed by atoms with van der Waals surface area (Å²) in [6, 6.07) is 10.1. The van der Waals surface area contributed by atoms with E-state index in [0.717, 1.165) is 5.56 Å². The molecule has 0 aliphatic rings. The molecule has 2 amide bonds. The van der Waals surface area contributed by atoms with Crippen molar-refractivity contribution in [2.75, 3.05) is 6.61 Å². The standard InChI is InChI=1S/C15H13NO4S/c17-13(16-15(19)12-4-2-1-3-5-12)9-20-14(18)8-11-6-7-21-10-11/h1-7,10H,8-9H2,(H,16,17,19). The van der Waals surface area contributed by atoms with Crippen LogP contribution in [0.3, 0.4) is 0 Å². The summed E-state index contributed by atoms with van der Waals surface area (Å²) in [6.45, 7) is -0.471. The van der Waals surface area contributed by atoms with Gasteiger partial charge in [0.2, 0.25) is 0 Å². The summed E-state index contributed by atoms with van der Waals surface area (Å²) in [5, 5.41) is 5.85. The van der Waals surface area contributed by atoms with Crippen molar-refractivity contribution in [1.29, 1.82) is 0 Å². The quantitative estimate of drug-likeness (QED) is 0.855. The van der Waals surface area contributed by atoms with Crippen LogP contribution in [0.4, 0.5) is 0 Å². The maximum absolute atomic E-state index is 11.7. The molecule has 0 saturated heterocycles. The first-order valence-electron chi connectivity index (χ1n) is 6.21. The highest BCUT2D eigenvalue weighted by Crippen LogP contribution is 2.07. The molecule has 0 spiro atoms. The van der Waals surface area contributed by atoms with Crippen molar-refractivity contribution in [3.8, 4) is 0 Å². The van der Waals surface area contributed by atoms with Gasteiger partial charge in [0.15, 0.2) is 6.61 Å². The molecule has 0 unspecified atom stereocenters. The number of thiophene rings is 1. The Morgan fingerprint density at radius 1 is 1.10 bits per heavy atom. The Balaban J connectivity index is 1.75. The zero-order valence-electron chi connectivity index (χ0n) is 11.1. The molecule has 21 heavy (non-hydrogen) atoms. The molecular formula is C15H13NO4S. The van der Waals surface area contributed by atoms with Crippen LogP contribution in [0, 0.1) is 0 Å². The van der Waals surface area contributed by atoms with Gasteiger partial charge in [-0.1, -0.05) is 18.2 Å². The van der Waals surface area contributed by atoms with Crippen molar-refractivity contribution in [2.24, 2.45) is 0 Å². The van der Waals surface area contributed by atoms with E-state index in [4.69, 9.17) is 4.74 Å². The van der Waals surface area contributed by atoms with Crippen LogP contribution in [0.2, 0.25) is 0 Å². The lowest BCUT2D eigenvalue weighted by Crippen LogP contribution is -2.34. The summed E-state index contributed by atoms with van der Waals surface area (Å²) in [4.78, 5) is 34.7. The van der Waals surface area contributed by atoms with E-state index in [-0.39, 0.29) is 6.42 Å². The number of carbonyl (C=O) groups excluding carboxylic acids is 3. The van der Waals surface area contributed by atoms with Crippen LogP contribution in [0.15, 0.2) is 47.2 Å². The summed E-state index contributed by atoms with van der Waals surface area (Å²) >= 11 is 1.48. The van der Waals surface area contributed by atoms with E-state index >= 15 is 0 Å². The maximum atomic E-state index is 11.7. The predicted molar refractivity (Wildman–Crippen MR) is 77.9 cm³/mol. The van der Waals surface area contributed by atoms with E-state index < -0.39 is 24.4 Å². The average molecular weight is 303 g/mol. The molecular weight excluding hydrogens is 290 g/mol. The summed E-state index contributed by atoms with van der Waals surface area (Å²) in [5.41, 5.74) is 1.21. The first-order valence-corrected chi connectivity index (χ1v) is 7.15. The Labute approximate surface area is 125 Å². The van der Waals surface area contributed by atoms with Gasteiger partial charge in [0.1, 0.15) is 0 Å². The first-order chi connectivity index (χ1) is 10.1. The fourth-order valence-corrected chi connectivity index (χ4v) is 2.25. The molecule has 0 radical (unpaired) electrons. The fourth-order valence-electron chi connectivity index (χ4n) is 1.58. The first kappa shape index (κ1) is 14.9. The number of benzene rings is 1. The number of imide groups is 1. The monoisotopic (exact) mass is 303 g/mol. The molecule has 0 saturated carbocycles. The summed E-state index contributed by atoms with van der Waals surface area (Å²) in [6.07, 6.45) is 0.114. The summed E-state index contributed by atoms with van der Waals surface area (Å²) in [5.74, 6) is -1.67. The van der Waals surface area contributed by atoms with Gasteiger partial charge in [-0.3, -0.25) is 19.7 Å². The average Bonchev–Trinajstić information content (AvgIpc) is 2.99. The largest absolute Gasteiger partial charge is 0.455 e. The third-order valence-corrected chi connectivity index (χ3v) is 3.31. The van der Waals surface area contributed by atoms with Gasteiger partial charge in [-0.2, -0.15) is 11.3 Å². The second kappa shape index (κ2) is 7.35. The molecule has 2 rings (SSSR count). The van der Waals surface area contributed by atoms with E-state index in [1.54, 1.807) is 30.3 Å². The van der Waals surface area contributed by atoms with Gasteiger partial charge in [-0.05, 0) is 34.5 Å². The highest BCUT2D eigenvalue weighted by Gasteiger charge is 2.12. The molecule has 0 aliphatic carbocycles. The Kier molecular flexibility index (Phi) is 5.22. The lowest BCUT2D eigenvalue weighted by atomic mass is 10.2. The number of ether oxygens (including phenoxy) is 1. The highest BCUT2D eigenvalue weighted by molar-refractivity contribution is 7.07. The molecule has 1 heterocycles. The van der Waals surface area contributed by atoms with Gasteiger partial charge < -0.3 is 4.74 Å². The van der Waals surface area contributed by atoms with E-state index in [9.17, 15) is 14.4 Å². The summed E-state index contributed by atoms with van der Waals surface area (Å²) < 4.78 is 4.82. The molecule has 108 valence electrons. The third kappa shape index (κ3) is 4.85. The lowest BCUT2D eigenvalue weighted by molar-refractivity contribution is -0.147. The lowest BCUT2D eigenvalue weighted by Gasteiger charge is -2.05. The molecule has 0 fully saturated rings. The van der Waals surface area contributed by atoms with Gasteiger partial charge >= 0.3 is 5.97 Å². The van der Waals surface area contributed by atoms with Crippen LogP contribution in [-0.4, -0.2) is 24.4 Å². The zero-order valence-corrected chi connectivity index (χ0v) is 11.9. The SMILES string of the molecule is O=C(COC(=O)Cc1ccsc1)NC(=O)c1ccccc1. The van der Waals surface area contributed by atoms with Crippen LogP contribution in [0.25, 0.3) is 0 Å². The highest BCUT2D eigenvalue weighted by atomic mass is 32.1. The van der Waals surface area contributed by atoms with Gasteiger partial charge in [-0.15, -0.1) is 0 Å². The molecule has 6 heteroatoms. The molecule has 0 aliphatic heterocycles. The second-order valence-corrected chi connectivity index (χ2v) is 4.99. The maximum Gasteiger partial charge on any atom is 0.310 e. The number of nitrogens with one attached hydrogen (secondary N) is 1. The van der Waals surface area contributed by atoms with Crippen molar-refractivity contribution < 1.29 is 19.1 Å². The number of hydrogen-bond donors (Lipinski definition) is 1.